The van der Waals surface area contributed by atoms with Crippen LogP contribution in [0.15, 0.2) is 18.3 Å². The number of morpholine rings is 1. The lowest BCUT2D eigenvalue weighted by Crippen LogP contribution is -2.50. The Hall–Kier alpha value is -1.70. The Morgan fingerprint density at radius 3 is 2.93 bits per heavy atom. The Morgan fingerprint density at radius 2 is 2.19 bits per heavy atom. The number of piperidine rings is 1. The summed E-state index contributed by atoms with van der Waals surface area (Å²) < 4.78 is 5.64. The molecule has 2 aliphatic rings. The van der Waals surface area contributed by atoms with E-state index in [2.05, 4.69) is 22.1 Å². The van der Waals surface area contributed by atoms with E-state index in [4.69, 9.17) is 16.3 Å². The lowest BCUT2D eigenvalue weighted by Gasteiger charge is -2.36. The first kappa shape index (κ1) is 20.0. The minimum absolute atomic E-state index is 0.0561. The largest absolute Gasteiger partial charge is 0.375 e. The van der Waals surface area contributed by atoms with Gasteiger partial charge in [0.1, 0.15) is 5.82 Å². The highest BCUT2D eigenvalue weighted by atomic mass is 35.5. The molecular weight excluding hydrogens is 368 g/mol. The number of carbonyl (C=O) groups is 2. The number of hydrogen-bond acceptors (Lipinski definition) is 5. The predicted molar refractivity (Wildman–Crippen MR) is 104 cm³/mol. The molecule has 8 heteroatoms. The first-order chi connectivity index (χ1) is 13.0. The molecule has 2 amide bonds. The summed E-state index contributed by atoms with van der Waals surface area (Å²) in [6, 6.07) is 3.38. The third-order valence-corrected chi connectivity index (χ3v) is 5.38. The van der Waals surface area contributed by atoms with Crippen LogP contribution in [-0.4, -0.2) is 72.0 Å². The minimum Gasteiger partial charge on any atom is -0.375 e. The molecule has 3 heterocycles. The highest BCUT2D eigenvalue weighted by Gasteiger charge is 2.29. The van der Waals surface area contributed by atoms with Crippen LogP contribution in [0.1, 0.15) is 26.2 Å². The van der Waals surface area contributed by atoms with Crippen LogP contribution in [0, 0.1) is 5.92 Å². The molecule has 1 aromatic heterocycles. The first-order valence-electron chi connectivity index (χ1n) is 9.59. The molecule has 0 aromatic carbocycles. The summed E-state index contributed by atoms with van der Waals surface area (Å²) in [5.74, 6) is 0.421. The lowest BCUT2D eigenvalue weighted by molar-refractivity contribution is -0.141. The van der Waals surface area contributed by atoms with E-state index in [1.165, 1.54) is 6.20 Å². The third-order valence-electron chi connectivity index (χ3n) is 5.16. The van der Waals surface area contributed by atoms with Crippen LogP contribution < -0.4 is 5.32 Å². The molecule has 2 saturated heterocycles. The zero-order valence-corrected chi connectivity index (χ0v) is 16.5. The Labute approximate surface area is 165 Å². The number of likely N-dealkylation sites (tertiary alicyclic amines) is 1. The smallest absolute Gasteiger partial charge is 0.236 e. The molecule has 1 N–H and O–H groups in total. The Bertz CT molecular complexity index is 655. The lowest BCUT2D eigenvalue weighted by atomic mass is 9.97. The van der Waals surface area contributed by atoms with E-state index in [1.54, 1.807) is 12.1 Å². The summed E-state index contributed by atoms with van der Waals surface area (Å²) in [5, 5.41) is 3.37. The predicted octanol–water partition coefficient (Wildman–Crippen LogP) is 2.02. The second kappa shape index (κ2) is 9.48. The summed E-state index contributed by atoms with van der Waals surface area (Å²) in [5.41, 5.74) is 0. The fraction of sp³-hybridized carbons (Fsp3) is 0.632. The number of carbonyl (C=O) groups excluding carboxylic acids is 2. The summed E-state index contributed by atoms with van der Waals surface area (Å²) in [4.78, 5) is 33.3. The molecular formula is C19H27ClN4O3. The van der Waals surface area contributed by atoms with Gasteiger partial charge in [0.15, 0.2) is 0 Å². The number of rotatable bonds is 5. The van der Waals surface area contributed by atoms with Crippen molar-refractivity contribution in [2.24, 2.45) is 5.92 Å². The number of halogens is 1. The van der Waals surface area contributed by atoms with E-state index in [9.17, 15) is 9.59 Å². The molecule has 2 aliphatic heterocycles. The molecule has 0 radical (unpaired) electrons. The van der Waals surface area contributed by atoms with Gasteiger partial charge >= 0.3 is 0 Å². The van der Waals surface area contributed by atoms with Gasteiger partial charge in [0.05, 0.1) is 30.2 Å². The number of amides is 2. The van der Waals surface area contributed by atoms with E-state index in [0.717, 1.165) is 25.8 Å². The first-order valence-corrected chi connectivity index (χ1v) is 9.97. The molecule has 2 atom stereocenters. The van der Waals surface area contributed by atoms with E-state index in [1.807, 2.05) is 4.90 Å². The highest BCUT2D eigenvalue weighted by molar-refractivity contribution is 6.30. The van der Waals surface area contributed by atoms with Gasteiger partial charge in [-0.3, -0.25) is 14.5 Å². The molecule has 0 aliphatic carbocycles. The van der Waals surface area contributed by atoms with Gasteiger partial charge in [-0.2, -0.15) is 0 Å². The topological polar surface area (TPSA) is 74.8 Å². The summed E-state index contributed by atoms with van der Waals surface area (Å²) in [7, 11) is 0. The Balaban J connectivity index is 1.50. The number of aromatic nitrogens is 1. The molecule has 0 bridgehead atoms. The van der Waals surface area contributed by atoms with Gasteiger partial charge in [-0.1, -0.05) is 18.5 Å². The molecule has 0 spiro atoms. The van der Waals surface area contributed by atoms with Crippen LogP contribution in [0.3, 0.4) is 0 Å². The average Bonchev–Trinajstić information content (AvgIpc) is 2.70. The number of nitrogens with zero attached hydrogens (tertiary/aromatic N) is 3. The SMILES string of the molecule is CCC1CN(C(=O)CN2CCCC(C(=O)Nc3ccc(Cl)cn3)C2)CCO1. The number of ether oxygens (including phenoxy) is 1. The Morgan fingerprint density at radius 1 is 1.33 bits per heavy atom. The van der Waals surface area contributed by atoms with Gasteiger partial charge in [-0.15, -0.1) is 0 Å². The van der Waals surface area contributed by atoms with E-state index in [-0.39, 0.29) is 23.8 Å². The molecule has 7 nitrogen and oxygen atoms in total. The van der Waals surface area contributed by atoms with Crippen LogP contribution in [0.25, 0.3) is 0 Å². The van der Waals surface area contributed by atoms with Crippen molar-refractivity contribution >= 4 is 29.2 Å². The quantitative estimate of drug-likeness (QED) is 0.827. The zero-order valence-electron chi connectivity index (χ0n) is 15.7. The van der Waals surface area contributed by atoms with Crippen molar-refractivity contribution in [3.8, 4) is 0 Å². The molecule has 0 saturated carbocycles. The number of anilines is 1. The average molecular weight is 395 g/mol. The minimum atomic E-state index is -0.142. The molecule has 27 heavy (non-hydrogen) atoms. The fourth-order valence-corrected chi connectivity index (χ4v) is 3.69. The van der Waals surface area contributed by atoms with Crippen LogP contribution in [-0.2, 0) is 14.3 Å². The van der Waals surface area contributed by atoms with Crippen molar-refractivity contribution in [1.29, 1.82) is 0 Å². The molecule has 1 aromatic rings. The monoisotopic (exact) mass is 394 g/mol. The maximum Gasteiger partial charge on any atom is 0.236 e. The Kier molecular flexibility index (Phi) is 7.04. The van der Waals surface area contributed by atoms with Gasteiger partial charge in [0.2, 0.25) is 11.8 Å². The fourth-order valence-electron chi connectivity index (χ4n) is 3.58. The number of hydrogen-bond donors (Lipinski definition) is 1. The van der Waals surface area contributed by atoms with Crippen molar-refractivity contribution < 1.29 is 14.3 Å². The van der Waals surface area contributed by atoms with Gasteiger partial charge in [-0.25, -0.2) is 4.98 Å². The summed E-state index contributed by atoms with van der Waals surface area (Å²) >= 11 is 5.82. The van der Waals surface area contributed by atoms with Gasteiger partial charge in [0.25, 0.3) is 0 Å². The summed E-state index contributed by atoms with van der Waals surface area (Å²) in [6.07, 6.45) is 4.28. The van der Waals surface area contributed by atoms with Gasteiger partial charge in [0, 0.05) is 25.8 Å². The molecule has 3 rings (SSSR count). The standard InChI is InChI=1S/C19H27ClN4O3/c1-2-16-12-24(8-9-27-16)18(25)13-23-7-3-4-14(11-23)19(26)22-17-6-5-15(20)10-21-17/h5-6,10,14,16H,2-4,7-9,11-13H2,1H3,(H,21,22,26). The molecule has 2 unspecified atom stereocenters. The molecule has 2 fully saturated rings. The maximum absolute atomic E-state index is 12.6. The number of pyridine rings is 1. The van der Waals surface area contributed by atoms with Crippen molar-refractivity contribution in [2.45, 2.75) is 32.3 Å². The third kappa shape index (κ3) is 5.64. The van der Waals surface area contributed by atoms with Crippen molar-refractivity contribution in [1.82, 2.24) is 14.8 Å². The van der Waals surface area contributed by atoms with Crippen LogP contribution in [0.4, 0.5) is 5.82 Å². The molecule has 148 valence electrons. The summed E-state index contributed by atoms with van der Waals surface area (Å²) in [6.45, 7) is 5.78. The number of nitrogens with one attached hydrogen (secondary N) is 1. The van der Waals surface area contributed by atoms with Crippen LogP contribution in [0.2, 0.25) is 5.02 Å². The van der Waals surface area contributed by atoms with E-state index in [0.29, 0.717) is 43.6 Å². The zero-order chi connectivity index (χ0) is 19.2. The second-order valence-electron chi connectivity index (χ2n) is 7.17. The maximum atomic E-state index is 12.6. The van der Waals surface area contributed by atoms with Crippen molar-refractivity contribution in [3.05, 3.63) is 23.4 Å². The van der Waals surface area contributed by atoms with Crippen LogP contribution in [0.5, 0.6) is 0 Å². The van der Waals surface area contributed by atoms with Crippen molar-refractivity contribution in [2.75, 3.05) is 44.6 Å². The normalized spacial score (nSPS) is 23.9. The second-order valence-corrected chi connectivity index (χ2v) is 7.60. The van der Waals surface area contributed by atoms with Crippen molar-refractivity contribution in [3.63, 3.8) is 0 Å². The van der Waals surface area contributed by atoms with Crippen LogP contribution >= 0.6 is 11.6 Å². The van der Waals surface area contributed by atoms with Gasteiger partial charge < -0.3 is 15.0 Å². The van der Waals surface area contributed by atoms with E-state index < -0.39 is 0 Å². The van der Waals surface area contributed by atoms with Gasteiger partial charge in [-0.05, 0) is 37.9 Å². The highest BCUT2D eigenvalue weighted by Crippen LogP contribution is 2.19. The van der Waals surface area contributed by atoms with E-state index >= 15 is 0 Å².